The maximum Gasteiger partial charge on any atom is 0.284 e. The van der Waals surface area contributed by atoms with Gasteiger partial charge in [-0.1, -0.05) is 48.0 Å². The molecule has 3 aromatic rings. The van der Waals surface area contributed by atoms with Crippen molar-refractivity contribution in [2.45, 2.75) is 11.8 Å². The molecule has 7 nitrogen and oxygen atoms in total. The quantitative estimate of drug-likeness (QED) is 0.303. The minimum absolute atomic E-state index is 0.128. The van der Waals surface area contributed by atoms with E-state index < -0.39 is 14.9 Å². The zero-order valence-electron chi connectivity index (χ0n) is 14.9. The van der Waals surface area contributed by atoms with E-state index in [1.807, 2.05) is 37.3 Å². The third kappa shape index (κ3) is 4.60. The Hall–Kier alpha value is -3.52. The first-order chi connectivity index (χ1) is 13.3. The number of nitro groups is 1. The molecule has 8 heteroatoms. The highest BCUT2D eigenvalue weighted by atomic mass is 32.2. The van der Waals surface area contributed by atoms with Crippen LogP contribution in [0, 0.1) is 17.0 Å². The van der Waals surface area contributed by atoms with E-state index >= 15 is 0 Å². The summed E-state index contributed by atoms with van der Waals surface area (Å²) in [6.07, 6.45) is 0. The maximum absolute atomic E-state index is 12.7. The molecular weight excluding hydrogens is 378 g/mol. The van der Waals surface area contributed by atoms with Gasteiger partial charge in [0.1, 0.15) is 0 Å². The van der Waals surface area contributed by atoms with Gasteiger partial charge >= 0.3 is 0 Å². The van der Waals surface area contributed by atoms with Crippen LogP contribution in [0.15, 0.2) is 88.2 Å². The molecule has 0 radical (unpaired) electrons. The van der Waals surface area contributed by atoms with E-state index in [1.54, 1.807) is 24.3 Å². The molecule has 0 saturated heterocycles. The Kier molecular flexibility index (Phi) is 5.51. The van der Waals surface area contributed by atoms with Gasteiger partial charge in [0.15, 0.2) is 5.84 Å². The van der Waals surface area contributed by atoms with E-state index in [1.165, 1.54) is 12.1 Å². The van der Waals surface area contributed by atoms with E-state index in [0.29, 0.717) is 11.3 Å². The van der Waals surface area contributed by atoms with Crippen LogP contribution in [0.2, 0.25) is 0 Å². The average molecular weight is 395 g/mol. The summed E-state index contributed by atoms with van der Waals surface area (Å²) in [5.41, 5.74) is 2.16. The number of nitrogens with zero attached hydrogens (tertiary/aromatic N) is 2. The third-order valence-corrected chi connectivity index (χ3v) is 5.21. The standard InChI is InChI=1S/C20H17N3O4S/c1-15-7-9-17(10-8-15)21-20(16-5-3-2-4-6-16)22-28(26,27)19-13-11-18(12-14-19)23(24)25/h2-14H,1H3,(H,21,22). The van der Waals surface area contributed by atoms with Crippen LogP contribution >= 0.6 is 0 Å². The topological polar surface area (TPSA) is 102 Å². The first-order valence-corrected chi connectivity index (χ1v) is 9.78. The molecule has 0 aliphatic rings. The van der Waals surface area contributed by atoms with Crippen molar-refractivity contribution < 1.29 is 13.3 Å². The highest BCUT2D eigenvalue weighted by molar-refractivity contribution is 7.90. The normalized spacial score (nSPS) is 11.8. The Morgan fingerprint density at radius 1 is 0.929 bits per heavy atom. The summed E-state index contributed by atoms with van der Waals surface area (Å²) in [4.78, 5) is 10.1. The highest BCUT2D eigenvalue weighted by Crippen LogP contribution is 2.19. The van der Waals surface area contributed by atoms with Crippen molar-refractivity contribution in [2.24, 2.45) is 4.40 Å². The van der Waals surface area contributed by atoms with Crippen molar-refractivity contribution in [3.05, 3.63) is 100 Å². The van der Waals surface area contributed by atoms with Crippen LogP contribution in [0.25, 0.3) is 0 Å². The van der Waals surface area contributed by atoms with Crippen LogP contribution < -0.4 is 5.32 Å². The smallest absolute Gasteiger partial charge is 0.284 e. The van der Waals surface area contributed by atoms with Crippen LogP contribution in [0.3, 0.4) is 0 Å². The second kappa shape index (κ2) is 8.01. The van der Waals surface area contributed by atoms with Gasteiger partial charge in [0.2, 0.25) is 0 Å². The fourth-order valence-corrected chi connectivity index (χ4v) is 3.41. The Bertz CT molecular complexity index is 1110. The van der Waals surface area contributed by atoms with Crippen molar-refractivity contribution in [1.82, 2.24) is 0 Å². The van der Waals surface area contributed by atoms with Gasteiger partial charge in [-0.3, -0.25) is 10.1 Å². The van der Waals surface area contributed by atoms with E-state index in [4.69, 9.17) is 0 Å². The van der Waals surface area contributed by atoms with Crippen molar-refractivity contribution in [2.75, 3.05) is 5.32 Å². The first-order valence-electron chi connectivity index (χ1n) is 8.34. The van der Waals surface area contributed by atoms with Crippen LogP contribution in [-0.2, 0) is 10.0 Å². The summed E-state index contributed by atoms with van der Waals surface area (Å²) in [7, 11) is -4.08. The molecule has 0 heterocycles. The average Bonchev–Trinajstić information content (AvgIpc) is 2.70. The molecule has 0 aliphatic heterocycles. The molecular formula is C20H17N3O4S. The Morgan fingerprint density at radius 2 is 1.54 bits per heavy atom. The fourth-order valence-electron chi connectivity index (χ4n) is 2.43. The van der Waals surface area contributed by atoms with Crippen LogP contribution in [0.1, 0.15) is 11.1 Å². The number of aryl methyl sites for hydroxylation is 1. The number of non-ortho nitro benzene ring substituents is 1. The number of benzene rings is 3. The second-order valence-corrected chi connectivity index (χ2v) is 7.63. The van der Waals surface area contributed by atoms with E-state index in [0.717, 1.165) is 17.7 Å². The molecule has 0 aromatic heterocycles. The van der Waals surface area contributed by atoms with Gasteiger partial charge in [-0.05, 0) is 31.2 Å². The molecule has 142 valence electrons. The van der Waals surface area contributed by atoms with Gasteiger partial charge < -0.3 is 5.32 Å². The number of nitro benzene ring substituents is 1. The molecule has 0 spiro atoms. The van der Waals surface area contributed by atoms with Crippen molar-refractivity contribution in [1.29, 1.82) is 0 Å². The van der Waals surface area contributed by atoms with E-state index in [9.17, 15) is 18.5 Å². The zero-order chi connectivity index (χ0) is 20.1. The second-order valence-electron chi connectivity index (χ2n) is 6.02. The molecule has 0 saturated carbocycles. The number of sulfonamides is 1. The lowest BCUT2D eigenvalue weighted by molar-refractivity contribution is -0.384. The summed E-state index contributed by atoms with van der Waals surface area (Å²) < 4.78 is 29.4. The number of hydrogen-bond acceptors (Lipinski definition) is 4. The first kappa shape index (κ1) is 19.2. The summed E-state index contributed by atoms with van der Waals surface area (Å²) in [5, 5.41) is 13.8. The SMILES string of the molecule is Cc1ccc(N/C(=N/S(=O)(=O)c2ccc([N+](=O)[O-])cc2)c2ccccc2)cc1. The number of rotatable bonds is 5. The molecule has 0 amide bonds. The number of anilines is 1. The summed E-state index contributed by atoms with van der Waals surface area (Å²) in [6, 6.07) is 20.9. The molecule has 28 heavy (non-hydrogen) atoms. The van der Waals surface area contributed by atoms with Crippen molar-refractivity contribution >= 4 is 27.2 Å². The lowest BCUT2D eigenvalue weighted by Gasteiger charge is -2.11. The lowest BCUT2D eigenvalue weighted by atomic mass is 10.2. The summed E-state index contributed by atoms with van der Waals surface area (Å²) >= 11 is 0. The number of hydrogen-bond donors (Lipinski definition) is 1. The van der Waals surface area contributed by atoms with Crippen LogP contribution in [0.5, 0.6) is 0 Å². The minimum atomic E-state index is -4.08. The van der Waals surface area contributed by atoms with Gasteiger partial charge in [0.05, 0.1) is 9.82 Å². The predicted molar refractivity (Wildman–Crippen MR) is 108 cm³/mol. The van der Waals surface area contributed by atoms with Gasteiger partial charge in [0, 0.05) is 23.4 Å². The molecule has 0 unspecified atom stereocenters. The molecule has 3 rings (SSSR count). The monoisotopic (exact) mass is 395 g/mol. The van der Waals surface area contributed by atoms with Crippen LogP contribution in [-0.4, -0.2) is 19.2 Å². The fraction of sp³-hybridized carbons (Fsp3) is 0.0500. The number of amidine groups is 1. The molecule has 0 atom stereocenters. The van der Waals surface area contributed by atoms with Gasteiger partial charge in [-0.2, -0.15) is 8.42 Å². The Balaban J connectivity index is 2.01. The van der Waals surface area contributed by atoms with Crippen molar-refractivity contribution in [3.63, 3.8) is 0 Å². The summed E-state index contributed by atoms with van der Waals surface area (Å²) in [5.74, 6) is 0.155. The molecule has 0 bridgehead atoms. The van der Waals surface area contributed by atoms with Crippen molar-refractivity contribution in [3.8, 4) is 0 Å². The molecule has 3 aromatic carbocycles. The van der Waals surface area contributed by atoms with Gasteiger partial charge in [-0.25, -0.2) is 0 Å². The number of nitrogens with one attached hydrogen (secondary N) is 1. The molecule has 0 fully saturated rings. The Labute approximate surface area is 162 Å². The largest absolute Gasteiger partial charge is 0.339 e. The van der Waals surface area contributed by atoms with Gasteiger partial charge in [-0.15, -0.1) is 4.40 Å². The van der Waals surface area contributed by atoms with E-state index in [2.05, 4.69) is 9.71 Å². The lowest BCUT2D eigenvalue weighted by Crippen LogP contribution is -2.16. The summed E-state index contributed by atoms with van der Waals surface area (Å²) in [6.45, 7) is 1.95. The zero-order valence-corrected chi connectivity index (χ0v) is 15.8. The van der Waals surface area contributed by atoms with E-state index in [-0.39, 0.29) is 16.4 Å². The highest BCUT2D eigenvalue weighted by Gasteiger charge is 2.17. The predicted octanol–water partition coefficient (Wildman–Crippen LogP) is 4.15. The minimum Gasteiger partial charge on any atom is -0.339 e. The maximum atomic E-state index is 12.7. The third-order valence-electron chi connectivity index (χ3n) is 3.92. The van der Waals surface area contributed by atoms with Crippen LogP contribution in [0.4, 0.5) is 11.4 Å². The Morgan fingerprint density at radius 3 is 2.11 bits per heavy atom. The molecule has 1 N–H and O–H groups in total. The van der Waals surface area contributed by atoms with Gasteiger partial charge in [0.25, 0.3) is 15.7 Å². The molecule has 0 aliphatic carbocycles.